The van der Waals surface area contributed by atoms with E-state index in [1.54, 1.807) is 16.7 Å². The van der Waals surface area contributed by atoms with E-state index in [-0.39, 0.29) is 6.61 Å². The smallest absolute Gasteiger partial charge is 0.385 e. The lowest BCUT2D eigenvalue weighted by molar-refractivity contribution is -0.0628. The highest BCUT2D eigenvalue weighted by Gasteiger charge is 2.57. The number of hydrogen-bond donors (Lipinski definition) is 3. The van der Waals surface area contributed by atoms with E-state index in [1.807, 2.05) is 42.5 Å². The molecule has 4 heterocycles. The van der Waals surface area contributed by atoms with E-state index in [0.29, 0.717) is 27.2 Å². The van der Waals surface area contributed by atoms with Gasteiger partial charge in [-0.1, -0.05) is 41.6 Å². The van der Waals surface area contributed by atoms with Crippen molar-refractivity contribution >= 4 is 61.4 Å². The first kappa shape index (κ1) is 24.1. The van der Waals surface area contributed by atoms with Crippen molar-refractivity contribution < 1.29 is 23.8 Å². The summed E-state index contributed by atoms with van der Waals surface area (Å²) in [7, 11) is 2.15. The van der Waals surface area contributed by atoms with Gasteiger partial charge in [-0.3, -0.25) is 4.57 Å². The minimum atomic E-state index is -3.53. The maximum atomic E-state index is 11.2. The van der Waals surface area contributed by atoms with Gasteiger partial charge in [-0.25, -0.2) is 19.8 Å². The molecule has 182 valence electrons. The number of aromatic nitrogens is 4. The van der Waals surface area contributed by atoms with Crippen LogP contribution in [0.3, 0.4) is 0 Å². The zero-order chi connectivity index (χ0) is 24.9. The molecule has 10 nitrogen and oxygen atoms in total. The number of nitrogens with one attached hydrogen (secondary N) is 1. The lowest BCUT2D eigenvalue weighted by atomic mass is 10.1. The van der Waals surface area contributed by atoms with Gasteiger partial charge < -0.3 is 15.2 Å². The number of halogens is 1. The highest BCUT2D eigenvalue weighted by molar-refractivity contribution is 7.99. The van der Waals surface area contributed by atoms with Crippen LogP contribution < -0.4 is 5.32 Å². The van der Waals surface area contributed by atoms with Crippen molar-refractivity contribution in [1.82, 2.24) is 19.5 Å². The molecule has 5 atom stereocenters. The van der Waals surface area contributed by atoms with Gasteiger partial charge in [-0.05, 0) is 36.4 Å². The Bertz CT molecular complexity index is 1400. The maximum Gasteiger partial charge on any atom is 0.488 e. The molecule has 14 heteroatoms. The number of nitrogens with zero attached hydrogens (tertiary/aromatic N) is 4. The summed E-state index contributed by atoms with van der Waals surface area (Å²) in [5.41, 5.74) is 1.77. The quantitative estimate of drug-likeness (QED) is 0.253. The summed E-state index contributed by atoms with van der Waals surface area (Å²) in [6, 6.07) is 16.9. The Morgan fingerprint density at radius 1 is 1.14 bits per heavy atom. The molecule has 3 N–H and O–H groups in total. The van der Waals surface area contributed by atoms with Crippen LogP contribution in [0.25, 0.3) is 11.2 Å². The molecule has 2 saturated heterocycles. The number of anilines is 2. The molecule has 2 aliphatic heterocycles. The molecule has 1 unspecified atom stereocenters. The fourth-order valence-electron chi connectivity index (χ4n) is 4.13. The summed E-state index contributed by atoms with van der Waals surface area (Å²) in [4.78, 5) is 24.7. The molecule has 0 amide bonds. The van der Waals surface area contributed by atoms with Crippen LogP contribution in [0.5, 0.6) is 0 Å². The second-order valence-corrected chi connectivity index (χ2v) is 11.3. The summed E-state index contributed by atoms with van der Waals surface area (Å²) >= 11 is 7.41. The van der Waals surface area contributed by atoms with Gasteiger partial charge in [0.2, 0.25) is 0 Å². The number of aliphatic hydroxyl groups is 1. The minimum Gasteiger partial charge on any atom is -0.385 e. The molecule has 2 radical (unpaired) electrons. The van der Waals surface area contributed by atoms with E-state index >= 15 is 0 Å². The molecule has 4 aromatic rings. The van der Waals surface area contributed by atoms with Crippen LogP contribution in [0.1, 0.15) is 6.23 Å². The molecule has 36 heavy (non-hydrogen) atoms. The maximum absolute atomic E-state index is 11.2. The normalized spacial score (nSPS) is 27.8. The van der Waals surface area contributed by atoms with Crippen molar-refractivity contribution in [2.24, 2.45) is 0 Å². The minimum absolute atomic E-state index is 0.0128. The van der Waals surface area contributed by atoms with E-state index in [2.05, 4.69) is 15.3 Å². The summed E-state index contributed by atoms with van der Waals surface area (Å²) < 4.78 is 18.5. The molecule has 0 saturated carbocycles. The van der Waals surface area contributed by atoms with Crippen LogP contribution in [-0.4, -0.2) is 62.0 Å². The predicted octanol–water partition coefficient (Wildman–Crippen LogP) is 3.89. The number of para-hydroxylation sites is 1. The second kappa shape index (κ2) is 9.55. The topological polar surface area (TPSA) is 124 Å². The standard InChI is InChI=1S/C22H19BClN5O5PS/c23-35(31)32-10-15-18(34-35)17(30)21(33-15)29-20-16(28-22(29)36-14-8-6-12(24)7-9-14)19(25-11-26-20)27-13-4-2-1-3-5-13/h1-9,11,15,17-18,21,30-31H,10H2,(H,25,26,27)/q+1/t15-,17+,18+,21-,35?/m1/s1. The fraction of sp³-hybridized carbons (Fsp3) is 0.227. The Hall–Kier alpha value is -2.28. The SMILES string of the molecule is [B][P+]1(O)OC[C@H]2O[C@@H](n3c(Sc4ccc(Cl)cc4)nc4c(Nc5ccccc5)ncnc43)[C@@H](O)[C@H]2O1. The molecule has 0 aliphatic carbocycles. The third-order valence-corrected chi connectivity index (χ3v) is 8.06. The summed E-state index contributed by atoms with van der Waals surface area (Å²) in [6.45, 7) is -0.0128. The molecule has 0 bridgehead atoms. The van der Waals surface area contributed by atoms with Crippen LogP contribution in [0.15, 0.2) is 71.0 Å². The lowest BCUT2D eigenvalue weighted by Crippen LogP contribution is -2.40. The average molecular weight is 543 g/mol. The number of fused-ring (bicyclic) bond motifs is 2. The van der Waals surface area contributed by atoms with Crippen molar-refractivity contribution in [2.75, 3.05) is 11.9 Å². The summed E-state index contributed by atoms with van der Waals surface area (Å²) in [6.07, 6.45) is -2.19. The fourth-order valence-corrected chi connectivity index (χ4v) is 6.20. The Labute approximate surface area is 216 Å². The van der Waals surface area contributed by atoms with Gasteiger partial charge in [0.25, 0.3) is 0 Å². The molecule has 2 aliphatic rings. The first-order chi connectivity index (χ1) is 17.4. The zero-order valence-corrected chi connectivity index (χ0v) is 21.0. The predicted molar refractivity (Wildman–Crippen MR) is 136 cm³/mol. The Morgan fingerprint density at radius 2 is 1.92 bits per heavy atom. The summed E-state index contributed by atoms with van der Waals surface area (Å²) in [5, 5.41) is 15.6. The van der Waals surface area contributed by atoms with Crippen LogP contribution in [0, 0.1) is 0 Å². The van der Waals surface area contributed by atoms with Gasteiger partial charge in [0.05, 0.1) is 0 Å². The van der Waals surface area contributed by atoms with Crippen molar-refractivity contribution in [2.45, 2.75) is 34.6 Å². The first-order valence-corrected chi connectivity index (χ1v) is 13.8. The van der Waals surface area contributed by atoms with Crippen molar-refractivity contribution in [1.29, 1.82) is 0 Å². The molecule has 2 aromatic carbocycles. The Kier molecular flexibility index (Phi) is 6.39. The van der Waals surface area contributed by atoms with E-state index < -0.39 is 32.4 Å². The highest BCUT2D eigenvalue weighted by Crippen LogP contribution is 2.58. The Morgan fingerprint density at radius 3 is 2.69 bits per heavy atom. The molecule has 2 aromatic heterocycles. The third-order valence-electron chi connectivity index (χ3n) is 5.76. The van der Waals surface area contributed by atoms with E-state index in [0.717, 1.165) is 10.6 Å². The Balaban J connectivity index is 1.44. The number of aliphatic hydroxyl groups excluding tert-OH is 1. The van der Waals surface area contributed by atoms with E-state index in [9.17, 15) is 10.00 Å². The number of imidazole rings is 1. The van der Waals surface area contributed by atoms with E-state index in [4.69, 9.17) is 37.9 Å². The van der Waals surface area contributed by atoms with Crippen molar-refractivity contribution in [3.8, 4) is 0 Å². The summed E-state index contributed by atoms with van der Waals surface area (Å²) in [5.74, 6) is 0.495. The van der Waals surface area contributed by atoms with Crippen LogP contribution in [0.4, 0.5) is 11.5 Å². The molecule has 0 spiro atoms. The number of ether oxygens (including phenoxy) is 1. The van der Waals surface area contributed by atoms with Crippen LogP contribution in [-0.2, 0) is 13.8 Å². The van der Waals surface area contributed by atoms with Gasteiger partial charge in [0.15, 0.2) is 34.5 Å². The number of rotatable bonds is 5. The van der Waals surface area contributed by atoms with Crippen molar-refractivity contribution in [3.05, 3.63) is 65.9 Å². The monoisotopic (exact) mass is 542 g/mol. The van der Waals surface area contributed by atoms with Gasteiger partial charge in [-0.15, -0.1) is 0 Å². The van der Waals surface area contributed by atoms with Gasteiger partial charge >= 0.3 is 15.4 Å². The average Bonchev–Trinajstić information content (AvgIpc) is 3.38. The van der Waals surface area contributed by atoms with Gasteiger partial charge in [0.1, 0.15) is 25.1 Å². The third kappa shape index (κ3) is 4.60. The van der Waals surface area contributed by atoms with Gasteiger partial charge in [0, 0.05) is 15.6 Å². The zero-order valence-electron chi connectivity index (χ0n) is 18.5. The molecule has 2 fully saturated rings. The van der Waals surface area contributed by atoms with Crippen LogP contribution >= 0.6 is 31.2 Å². The first-order valence-electron chi connectivity index (χ1n) is 10.9. The largest absolute Gasteiger partial charge is 0.488 e. The highest BCUT2D eigenvalue weighted by atomic mass is 35.5. The number of hydrogen-bond acceptors (Lipinski definition) is 10. The lowest BCUT2D eigenvalue weighted by Gasteiger charge is -2.27. The van der Waals surface area contributed by atoms with Gasteiger partial charge in [-0.2, -0.15) is 9.05 Å². The number of benzene rings is 2. The molecule has 6 rings (SSSR count). The second-order valence-electron chi connectivity index (χ2n) is 8.19. The van der Waals surface area contributed by atoms with Crippen molar-refractivity contribution in [3.63, 3.8) is 0 Å². The molecular weight excluding hydrogens is 524 g/mol. The van der Waals surface area contributed by atoms with Crippen LogP contribution in [0.2, 0.25) is 5.02 Å². The van der Waals surface area contributed by atoms with E-state index in [1.165, 1.54) is 18.1 Å². The molecular formula is C22H19BClN5O5PS+.